The Kier molecular flexibility index (Phi) is 7.85. The molecule has 294 valence electrons. The van der Waals surface area contributed by atoms with Gasteiger partial charge in [0.1, 0.15) is 0 Å². The van der Waals surface area contributed by atoms with E-state index in [0.717, 1.165) is 22.6 Å². The molecule has 1 unspecified atom stereocenters. The lowest BCUT2D eigenvalue weighted by molar-refractivity contribution is 0.748. The average Bonchev–Trinajstić information content (AvgIpc) is 3.85. The molecule has 11 aromatic rings. The van der Waals surface area contributed by atoms with Crippen LogP contribution in [0.4, 0.5) is 17.1 Å². The third kappa shape index (κ3) is 5.07. The van der Waals surface area contributed by atoms with Crippen LogP contribution in [-0.2, 0) is 5.41 Å². The van der Waals surface area contributed by atoms with Crippen LogP contribution in [0.3, 0.4) is 0 Å². The van der Waals surface area contributed by atoms with Gasteiger partial charge in [-0.25, -0.2) is 0 Å². The van der Waals surface area contributed by atoms with Gasteiger partial charge in [-0.3, -0.25) is 0 Å². The molecular formula is C61H40N2. The number of rotatable bonds is 6. The van der Waals surface area contributed by atoms with Crippen LogP contribution < -0.4 is 4.90 Å². The van der Waals surface area contributed by atoms with Gasteiger partial charge in [0.2, 0.25) is 0 Å². The minimum Gasteiger partial charge on any atom is -0.309 e. The Labute approximate surface area is 367 Å². The predicted molar refractivity (Wildman–Crippen MR) is 263 cm³/mol. The molecule has 1 spiro atoms. The van der Waals surface area contributed by atoms with Crippen molar-refractivity contribution in [3.05, 3.63) is 265 Å². The SMILES string of the molecule is c1ccc(-c2ccccc2-c2ccccc2N(c2ccc3c(c2)-c2ccccc2C32c3ccccc3-n3c4ccccc4c4cccc2c43)c2ccccc2-c2ccccc2)cc1. The number of benzene rings is 10. The maximum Gasteiger partial charge on any atom is 0.0754 e. The van der Waals surface area contributed by atoms with E-state index >= 15 is 0 Å². The van der Waals surface area contributed by atoms with E-state index in [4.69, 9.17) is 0 Å². The molecule has 2 heteroatoms. The molecule has 1 atom stereocenters. The summed E-state index contributed by atoms with van der Waals surface area (Å²) in [5, 5.41) is 2.57. The van der Waals surface area contributed by atoms with E-state index in [-0.39, 0.29) is 0 Å². The highest BCUT2D eigenvalue weighted by Gasteiger charge is 2.51. The highest BCUT2D eigenvalue weighted by Crippen LogP contribution is 2.62. The Hall–Kier alpha value is -8.20. The molecule has 0 amide bonds. The van der Waals surface area contributed by atoms with Crippen LogP contribution in [-0.4, -0.2) is 4.57 Å². The summed E-state index contributed by atoms with van der Waals surface area (Å²) >= 11 is 0. The van der Waals surface area contributed by atoms with E-state index in [2.05, 4.69) is 252 Å². The van der Waals surface area contributed by atoms with Crippen molar-refractivity contribution in [1.29, 1.82) is 0 Å². The first kappa shape index (κ1) is 35.5. The Balaban J connectivity index is 1.10. The minimum absolute atomic E-state index is 0.524. The van der Waals surface area contributed by atoms with Crippen LogP contribution in [0, 0.1) is 0 Å². The molecule has 0 radical (unpaired) electrons. The van der Waals surface area contributed by atoms with E-state index in [9.17, 15) is 0 Å². The van der Waals surface area contributed by atoms with Crippen LogP contribution in [0.1, 0.15) is 22.3 Å². The quantitative estimate of drug-likeness (QED) is 0.163. The maximum atomic E-state index is 2.52. The van der Waals surface area contributed by atoms with Crippen LogP contribution in [0.2, 0.25) is 0 Å². The van der Waals surface area contributed by atoms with Crippen molar-refractivity contribution in [1.82, 2.24) is 4.57 Å². The molecule has 10 aromatic carbocycles. The molecule has 2 heterocycles. The summed E-state index contributed by atoms with van der Waals surface area (Å²) in [5.74, 6) is 0. The highest BCUT2D eigenvalue weighted by molar-refractivity contribution is 6.13. The zero-order valence-corrected chi connectivity index (χ0v) is 34.5. The van der Waals surface area contributed by atoms with E-state index in [1.807, 2.05) is 0 Å². The first-order valence-electron chi connectivity index (χ1n) is 21.9. The van der Waals surface area contributed by atoms with Crippen molar-refractivity contribution in [2.24, 2.45) is 0 Å². The van der Waals surface area contributed by atoms with Crippen molar-refractivity contribution < 1.29 is 0 Å². The Morgan fingerprint density at radius 1 is 0.317 bits per heavy atom. The van der Waals surface area contributed by atoms with Crippen LogP contribution in [0.5, 0.6) is 0 Å². The van der Waals surface area contributed by atoms with Crippen molar-refractivity contribution in [3.63, 3.8) is 0 Å². The first-order valence-corrected chi connectivity index (χ1v) is 21.9. The largest absolute Gasteiger partial charge is 0.309 e. The summed E-state index contributed by atoms with van der Waals surface area (Å²) in [4.78, 5) is 2.50. The van der Waals surface area contributed by atoms with E-state index in [0.29, 0.717) is 0 Å². The van der Waals surface area contributed by atoms with Crippen molar-refractivity contribution in [2.45, 2.75) is 5.41 Å². The molecule has 0 N–H and O–H groups in total. The summed E-state index contributed by atoms with van der Waals surface area (Å²) in [7, 11) is 0. The second-order valence-corrected chi connectivity index (χ2v) is 16.7. The standard InChI is InChI=1S/C61H40N2/c1-3-20-41(21-4-1)44-24-7-8-26-46(44)48-28-11-16-35-57(48)62(56-34-15-10-25-45(56)42-22-5-2-6-23-42)43-38-39-53-51(40-43)47-27-9-13-31-52(47)61(53)54-32-14-18-37-59(54)63-58-36-17-12-29-49(58)50-30-19-33-55(61)60(50)63/h1-40H. The van der Waals surface area contributed by atoms with Crippen molar-refractivity contribution in [3.8, 4) is 50.2 Å². The zero-order valence-electron chi connectivity index (χ0n) is 34.5. The van der Waals surface area contributed by atoms with Crippen LogP contribution in [0.25, 0.3) is 72.0 Å². The number of para-hydroxylation sites is 5. The lowest BCUT2D eigenvalue weighted by atomic mass is 9.65. The Morgan fingerprint density at radius 2 is 0.841 bits per heavy atom. The molecule has 63 heavy (non-hydrogen) atoms. The third-order valence-corrected chi connectivity index (χ3v) is 13.6. The summed E-state index contributed by atoms with van der Waals surface area (Å²) < 4.78 is 2.52. The van der Waals surface area contributed by atoms with Crippen LogP contribution in [0.15, 0.2) is 243 Å². The summed E-state index contributed by atoms with van der Waals surface area (Å²) in [6.07, 6.45) is 0. The smallest absolute Gasteiger partial charge is 0.0754 e. The molecule has 13 rings (SSSR count). The fourth-order valence-electron chi connectivity index (χ4n) is 11.1. The third-order valence-electron chi connectivity index (χ3n) is 13.6. The molecule has 1 aliphatic carbocycles. The molecule has 0 fully saturated rings. The lowest BCUT2D eigenvalue weighted by Gasteiger charge is -2.39. The fourth-order valence-corrected chi connectivity index (χ4v) is 11.1. The van der Waals surface area contributed by atoms with Gasteiger partial charge in [0.15, 0.2) is 0 Å². The molecule has 1 aromatic heterocycles. The number of anilines is 3. The number of aromatic nitrogens is 1. The monoisotopic (exact) mass is 800 g/mol. The van der Waals surface area contributed by atoms with Gasteiger partial charge in [0, 0.05) is 27.6 Å². The summed E-state index contributed by atoms with van der Waals surface area (Å²) in [6.45, 7) is 0. The second kappa shape index (κ2) is 13.9. The molecule has 2 nitrogen and oxygen atoms in total. The maximum absolute atomic E-state index is 2.52. The average molecular weight is 801 g/mol. The van der Waals surface area contributed by atoms with Gasteiger partial charge in [0.25, 0.3) is 0 Å². The van der Waals surface area contributed by atoms with Crippen LogP contribution >= 0.6 is 0 Å². The molecule has 0 saturated carbocycles. The van der Waals surface area contributed by atoms with E-state index in [1.165, 1.54) is 88.7 Å². The normalized spacial score (nSPS) is 14.4. The van der Waals surface area contributed by atoms with Gasteiger partial charge in [-0.15, -0.1) is 0 Å². The molecular weight excluding hydrogens is 761 g/mol. The Bertz CT molecular complexity index is 3580. The fraction of sp³-hybridized carbons (Fsp3) is 0.0164. The van der Waals surface area contributed by atoms with Gasteiger partial charge in [-0.1, -0.05) is 206 Å². The van der Waals surface area contributed by atoms with Gasteiger partial charge < -0.3 is 9.47 Å². The highest BCUT2D eigenvalue weighted by atomic mass is 15.1. The molecule has 1 aliphatic heterocycles. The number of hydrogen-bond donors (Lipinski definition) is 0. The lowest BCUT2D eigenvalue weighted by Crippen LogP contribution is -2.33. The second-order valence-electron chi connectivity index (χ2n) is 16.7. The minimum atomic E-state index is -0.524. The molecule has 0 bridgehead atoms. The number of nitrogens with zero attached hydrogens (tertiary/aromatic N) is 2. The van der Waals surface area contributed by atoms with Gasteiger partial charge in [-0.05, 0) is 92.0 Å². The molecule has 2 aliphatic rings. The summed E-state index contributed by atoms with van der Waals surface area (Å²) in [5.41, 5.74) is 21.4. The number of fused-ring (bicyclic) bond motifs is 12. The number of hydrogen-bond acceptors (Lipinski definition) is 1. The van der Waals surface area contributed by atoms with Gasteiger partial charge >= 0.3 is 0 Å². The predicted octanol–water partition coefficient (Wildman–Crippen LogP) is 15.9. The van der Waals surface area contributed by atoms with E-state index in [1.54, 1.807) is 0 Å². The van der Waals surface area contributed by atoms with Crippen molar-refractivity contribution in [2.75, 3.05) is 4.90 Å². The zero-order chi connectivity index (χ0) is 41.5. The Morgan fingerprint density at radius 3 is 1.62 bits per heavy atom. The molecule has 0 saturated heterocycles. The van der Waals surface area contributed by atoms with Gasteiger partial charge in [0.05, 0.1) is 33.5 Å². The topological polar surface area (TPSA) is 8.17 Å². The summed E-state index contributed by atoms with van der Waals surface area (Å²) in [6, 6.07) is 89.6. The van der Waals surface area contributed by atoms with Crippen molar-refractivity contribution >= 4 is 38.9 Å². The van der Waals surface area contributed by atoms with Gasteiger partial charge in [-0.2, -0.15) is 0 Å². The van der Waals surface area contributed by atoms with E-state index < -0.39 is 5.41 Å². The first-order chi connectivity index (χ1) is 31.3.